The summed E-state index contributed by atoms with van der Waals surface area (Å²) in [5, 5.41) is 0. The molecule has 0 spiro atoms. The van der Waals surface area contributed by atoms with Gasteiger partial charge in [0.05, 0.1) is 5.56 Å². The maximum absolute atomic E-state index is 13.1. The lowest BCUT2D eigenvalue weighted by atomic mass is 10.0. The van der Waals surface area contributed by atoms with Crippen LogP contribution in [0.1, 0.15) is 35.7 Å². The van der Waals surface area contributed by atoms with Gasteiger partial charge in [-0.25, -0.2) is 4.39 Å². The second-order valence-corrected chi connectivity index (χ2v) is 4.15. The third kappa shape index (κ3) is 2.49. The van der Waals surface area contributed by atoms with Crippen LogP contribution >= 0.6 is 22.6 Å². The first-order chi connectivity index (χ1) is 6.02. The van der Waals surface area contributed by atoms with Gasteiger partial charge in [-0.15, -0.1) is 0 Å². The Bertz CT molecular complexity index is 334. The summed E-state index contributed by atoms with van der Waals surface area (Å²) in [4.78, 5) is 11.0. The van der Waals surface area contributed by atoms with Crippen molar-refractivity contribution in [1.29, 1.82) is 0 Å². The number of hydrogen-bond acceptors (Lipinski definition) is 1. The summed E-state index contributed by atoms with van der Waals surface area (Å²) < 4.78 is 12.8. The lowest BCUT2D eigenvalue weighted by molar-refractivity contribution is 0.110. The van der Waals surface area contributed by atoms with Gasteiger partial charge < -0.3 is 0 Å². The van der Waals surface area contributed by atoms with Crippen LogP contribution in [0.5, 0.6) is 0 Å². The number of carbonyl (C=O) groups excluding carboxylic acids is 1. The van der Waals surface area contributed by atoms with E-state index in [1.54, 1.807) is 34.7 Å². The Morgan fingerprint density at radius 3 is 2.54 bits per heavy atom. The smallest absolute Gasteiger partial charge is 0.225 e. The number of rotatable bonds is 2. The minimum atomic E-state index is -0.441. The van der Waals surface area contributed by atoms with Crippen molar-refractivity contribution in [1.82, 2.24) is 0 Å². The number of hydrogen-bond donors (Lipinski definition) is 0. The van der Waals surface area contributed by atoms with Gasteiger partial charge in [0.1, 0.15) is 5.82 Å². The van der Waals surface area contributed by atoms with Crippen LogP contribution in [-0.4, -0.2) is 3.79 Å². The molecule has 0 radical (unpaired) electrons. The minimum Gasteiger partial charge on any atom is -0.282 e. The summed E-state index contributed by atoms with van der Waals surface area (Å²) >= 11 is 1.60. The Balaban J connectivity index is 3.19. The van der Waals surface area contributed by atoms with E-state index >= 15 is 0 Å². The third-order valence-electron chi connectivity index (χ3n) is 1.87. The van der Waals surface area contributed by atoms with E-state index in [0.717, 1.165) is 5.56 Å². The Labute approximate surface area is 90.5 Å². The van der Waals surface area contributed by atoms with Gasteiger partial charge >= 0.3 is 0 Å². The zero-order valence-electron chi connectivity index (χ0n) is 7.47. The van der Waals surface area contributed by atoms with Gasteiger partial charge in [-0.1, -0.05) is 19.9 Å². The molecule has 0 N–H and O–H groups in total. The van der Waals surface area contributed by atoms with Crippen LogP contribution < -0.4 is 0 Å². The van der Waals surface area contributed by atoms with E-state index in [4.69, 9.17) is 0 Å². The molecular weight excluding hydrogens is 282 g/mol. The first kappa shape index (κ1) is 10.6. The van der Waals surface area contributed by atoms with E-state index in [-0.39, 0.29) is 9.35 Å². The summed E-state index contributed by atoms with van der Waals surface area (Å²) in [6, 6.07) is 4.68. The van der Waals surface area contributed by atoms with E-state index in [0.29, 0.717) is 5.92 Å². The van der Waals surface area contributed by atoms with E-state index in [2.05, 4.69) is 0 Å². The molecule has 0 bridgehead atoms. The molecule has 0 amide bonds. The second kappa shape index (κ2) is 4.17. The molecule has 13 heavy (non-hydrogen) atoms. The molecule has 3 heteroatoms. The quantitative estimate of drug-likeness (QED) is 0.602. The molecular formula is C10H10FIO. The fraction of sp³-hybridized carbons (Fsp3) is 0.300. The Hall–Kier alpha value is -0.450. The van der Waals surface area contributed by atoms with Crippen molar-refractivity contribution >= 4 is 26.4 Å². The van der Waals surface area contributed by atoms with Gasteiger partial charge in [-0.05, 0) is 23.6 Å². The average Bonchev–Trinajstić information content (AvgIpc) is 2.04. The van der Waals surface area contributed by atoms with Gasteiger partial charge in [0, 0.05) is 22.6 Å². The molecule has 1 rings (SSSR count). The molecule has 1 nitrogen and oxygen atoms in total. The van der Waals surface area contributed by atoms with Crippen molar-refractivity contribution in [2.24, 2.45) is 0 Å². The van der Waals surface area contributed by atoms with Crippen LogP contribution in [0.3, 0.4) is 0 Å². The molecule has 0 saturated heterocycles. The summed E-state index contributed by atoms with van der Waals surface area (Å²) in [7, 11) is 0. The second-order valence-electron chi connectivity index (χ2n) is 3.17. The monoisotopic (exact) mass is 292 g/mol. The summed E-state index contributed by atoms with van der Waals surface area (Å²) in [6.07, 6.45) is 0. The van der Waals surface area contributed by atoms with Crippen molar-refractivity contribution in [3.05, 3.63) is 35.1 Å². The highest BCUT2D eigenvalue weighted by Gasteiger charge is 2.10. The number of benzene rings is 1. The van der Waals surface area contributed by atoms with E-state index in [1.165, 1.54) is 6.07 Å². The van der Waals surface area contributed by atoms with Crippen molar-refractivity contribution < 1.29 is 9.18 Å². The fourth-order valence-corrected chi connectivity index (χ4v) is 1.47. The van der Waals surface area contributed by atoms with Crippen molar-refractivity contribution in [3.8, 4) is 0 Å². The molecule has 0 fully saturated rings. The van der Waals surface area contributed by atoms with Crippen LogP contribution in [0.25, 0.3) is 0 Å². The predicted molar refractivity (Wildman–Crippen MR) is 58.8 cm³/mol. The van der Waals surface area contributed by atoms with Gasteiger partial charge in [-0.2, -0.15) is 0 Å². The molecule has 1 aromatic rings. The molecule has 0 atom stereocenters. The van der Waals surface area contributed by atoms with Gasteiger partial charge in [0.25, 0.3) is 0 Å². The standard InChI is InChI=1S/C10H10FIO/c1-6(2)7-3-4-9(11)8(5-7)10(12)13/h3-6H,1-2H3. The van der Waals surface area contributed by atoms with Crippen molar-refractivity contribution in [2.45, 2.75) is 19.8 Å². The Morgan fingerprint density at radius 1 is 1.46 bits per heavy atom. The Kier molecular flexibility index (Phi) is 3.41. The van der Waals surface area contributed by atoms with E-state index in [9.17, 15) is 9.18 Å². The van der Waals surface area contributed by atoms with Crippen molar-refractivity contribution in [3.63, 3.8) is 0 Å². The molecule has 0 aromatic heterocycles. The lowest BCUT2D eigenvalue weighted by Crippen LogP contribution is -1.97. The molecule has 0 aliphatic carbocycles. The van der Waals surface area contributed by atoms with Crippen LogP contribution in [-0.2, 0) is 0 Å². The third-order valence-corrected chi connectivity index (χ3v) is 2.45. The van der Waals surface area contributed by atoms with E-state index in [1.807, 2.05) is 13.8 Å². The van der Waals surface area contributed by atoms with Crippen LogP contribution in [0.2, 0.25) is 0 Å². The molecule has 0 aliphatic heterocycles. The predicted octanol–water partition coefficient (Wildman–Crippen LogP) is 3.52. The van der Waals surface area contributed by atoms with Gasteiger partial charge in [-0.3, -0.25) is 4.79 Å². The van der Waals surface area contributed by atoms with Gasteiger partial charge in [0.15, 0.2) is 0 Å². The number of carbonyl (C=O) groups is 1. The fourth-order valence-electron chi connectivity index (χ4n) is 1.05. The summed E-state index contributed by atoms with van der Waals surface area (Å²) in [5.41, 5.74) is 1.16. The molecule has 70 valence electrons. The molecule has 0 heterocycles. The lowest BCUT2D eigenvalue weighted by Gasteiger charge is -2.06. The molecule has 0 unspecified atom stereocenters. The minimum absolute atomic E-state index is 0.173. The highest BCUT2D eigenvalue weighted by atomic mass is 127. The highest BCUT2D eigenvalue weighted by molar-refractivity contribution is 14.1. The Morgan fingerprint density at radius 2 is 2.08 bits per heavy atom. The van der Waals surface area contributed by atoms with Crippen LogP contribution in [0.4, 0.5) is 4.39 Å². The largest absolute Gasteiger partial charge is 0.282 e. The highest BCUT2D eigenvalue weighted by Crippen LogP contribution is 2.19. The maximum atomic E-state index is 13.1. The molecule has 1 aromatic carbocycles. The summed E-state index contributed by atoms with van der Waals surface area (Å²) in [6.45, 7) is 4.02. The average molecular weight is 292 g/mol. The maximum Gasteiger partial charge on any atom is 0.225 e. The molecule has 0 aliphatic rings. The van der Waals surface area contributed by atoms with Crippen LogP contribution in [0, 0.1) is 5.82 Å². The SMILES string of the molecule is CC(C)c1ccc(F)c(C(=O)I)c1. The normalized spacial score (nSPS) is 10.5. The first-order valence-corrected chi connectivity index (χ1v) is 5.09. The van der Waals surface area contributed by atoms with E-state index < -0.39 is 5.82 Å². The van der Waals surface area contributed by atoms with Crippen LogP contribution in [0.15, 0.2) is 18.2 Å². The summed E-state index contributed by atoms with van der Waals surface area (Å²) in [5.74, 6) is -0.126. The zero-order valence-corrected chi connectivity index (χ0v) is 9.63. The van der Waals surface area contributed by atoms with Gasteiger partial charge in [0.2, 0.25) is 3.79 Å². The first-order valence-electron chi connectivity index (χ1n) is 4.01. The topological polar surface area (TPSA) is 17.1 Å². The number of halogens is 2. The molecule has 0 saturated carbocycles. The zero-order chi connectivity index (χ0) is 10.0. The van der Waals surface area contributed by atoms with Crippen molar-refractivity contribution in [2.75, 3.05) is 0 Å².